The van der Waals surface area contributed by atoms with Crippen LogP contribution in [0.3, 0.4) is 0 Å². The fourth-order valence-corrected chi connectivity index (χ4v) is 12.0. The van der Waals surface area contributed by atoms with E-state index in [0.29, 0.717) is 5.69 Å². The van der Waals surface area contributed by atoms with Gasteiger partial charge in [-0.15, -0.1) is 0 Å². The second-order valence-electron chi connectivity index (χ2n) is 19.3. The van der Waals surface area contributed by atoms with E-state index in [1.807, 2.05) is 30.3 Å². The van der Waals surface area contributed by atoms with E-state index in [9.17, 15) is 5.48 Å². The number of fused-ring (bicyclic) bond motifs is 7. The molecule has 0 N–H and O–H groups in total. The van der Waals surface area contributed by atoms with Crippen LogP contribution in [0.4, 0.5) is 34.1 Å². The number of para-hydroxylation sites is 4. The molecule has 2 aliphatic rings. The van der Waals surface area contributed by atoms with Crippen molar-refractivity contribution in [1.82, 2.24) is 4.57 Å². The summed E-state index contributed by atoms with van der Waals surface area (Å²) in [6.45, 7) is -0.381. The highest BCUT2D eigenvalue weighted by Crippen LogP contribution is 2.53. The lowest BCUT2D eigenvalue weighted by atomic mass is 9.33. The molecule has 3 nitrogen and oxygen atoms in total. The van der Waals surface area contributed by atoms with Gasteiger partial charge in [-0.05, 0) is 92.2 Å². The van der Waals surface area contributed by atoms with Crippen LogP contribution in [0.2, 0.25) is 0 Å². The number of aromatic nitrogens is 1. The Morgan fingerprint density at radius 2 is 0.684 bits per heavy atom. The molecule has 13 aromatic rings. The average Bonchev–Trinajstić information content (AvgIpc) is 1.39. The SMILES string of the molecule is [2H]c1c([2H])c([2H])c2c(c1[2H])c1c([2H])c([2H])c([2H])c([2H])c1n2-c1ccc2c(c1)N(c1c(-c3ccccc3)cccc1-c1ccccc1)c1cccc3c1B2c1ccc(-c2ccccc2)cc1N3c1c(-c2ccccc2)cccc1-c1ccccc1. The number of hydrogen-bond acceptors (Lipinski definition) is 2. The fourth-order valence-electron chi connectivity index (χ4n) is 12.0. The largest absolute Gasteiger partial charge is 0.310 e. The summed E-state index contributed by atoms with van der Waals surface area (Å²) in [5, 5.41) is 0.0454. The minimum Gasteiger partial charge on any atom is -0.310 e. The van der Waals surface area contributed by atoms with Gasteiger partial charge in [0.2, 0.25) is 0 Å². The zero-order valence-corrected chi connectivity index (χ0v) is 41.0. The monoisotopic (exact) mass is 973 g/mol. The van der Waals surface area contributed by atoms with Gasteiger partial charge in [0.15, 0.2) is 0 Å². The Hall–Kier alpha value is -9.90. The van der Waals surface area contributed by atoms with Gasteiger partial charge < -0.3 is 14.4 Å². The molecule has 0 radical (unpaired) electrons. The van der Waals surface area contributed by atoms with E-state index >= 15 is 0 Å². The highest BCUT2D eigenvalue weighted by Gasteiger charge is 2.45. The average molecular weight is 974 g/mol. The van der Waals surface area contributed by atoms with Crippen LogP contribution in [0.25, 0.3) is 83.1 Å². The third-order valence-corrected chi connectivity index (χ3v) is 15.2. The summed E-state index contributed by atoms with van der Waals surface area (Å²) in [5.41, 5.74) is 19.6. The number of anilines is 6. The van der Waals surface area contributed by atoms with Gasteiger partial charge in [0.25, 0.3) is 6.71 Å². The number of benzene rings is 12. The minimum atomic E-state index is -0.489. The summed E-state index contributed by atoms with van der Waals surface area (Å²) in [7, 11) is 0. The summed E-state index contributed by atoms with van der Waals surface area (Å²) in [6.07, 6.45) is 0. The molecular formula is C72H48BN3. The highest BCUT2D eigenvalue weighted by atomic mass is 15.2. The van der Waals surface area contributed by atoms with Crippen LogP contribution in [0.5, 0.6) is 0 Å². The van der Waals surface area contributed by atoms with Crippen LogP contribution in [0.1, 0.15) is 11.0 Å². The Balaban J connectivity index is 1.10. The van der Waals surface area contributed by atoms with E-state index < -0.39 is 24.2 Å². The molecular weight excluding hydrogens is 918 g/mol. The van der Waals surface area contributed by atoms with Crippen LogP contribution >= 0.6 is 0 Å². The Labute approximate surface area is 454 Å². The molecule has 76 heavy (non-hydrogen) atoms. The summed E-state index contributed by atoms with van der Waals surface area (Å²) in [6, 6.07) is 81.6. The van der Waals surface area contributed by atoms with E-state index in [0.717, 1.165) is 106 Å². The summed E-state index contributed by atoms with van der Waals surface area (Å²) >= 11 is 0. The van der Waals surface area contributed by atoms with Crippen molar-refractivity contribution in [2.45, 2.75) is 0 Å². The molecule has 0 spiro atoms. The van der Waals surface area contributed by atoms with Crippen LogP contribution in [0, 0.1) is 0 Å². The number of rotatable bonds is 8. The maximum atomic E-state index is 9.54. The zero-order valence-electron chi connectivity index (χ0n) is 49.0. The first-order valence-electron chi connectivity index (χ1n) is 29.6. The Bertz CT molecular complexity index is 4640. The summed E-state index contributed by atoms with van der Waals surface area (Å²) in [5.74, 6) is 0. The van der Waals surface area contributed by atoms with E-state index in [1.54, 1.807) is 4.57 Å². The minimum absolute atomic E-state index is 0.0227. The van der Waals surface area contributed by atoms with Crippen molar-refractivity contribution in [3.8, 4) is 61.3 Å². The lowest BCUT2D eigenvalue weighted by Gasteiger charge is -2.45. The molecule has 354 valence electrons. The van der Waals surface area contributed by atoms with E-state index in [1.165, 1.54) is 0 Å². The Kier molecular flexibility index (Phi) is 8.52. The van der Waals surface area contributed by atoms with Gasteiger partial charge in [0, 0.05) is 61.5 Å². The first-order valence-corrected chi connectivity index (χ1v) is 25.6. The first kappa shape index (κ1) is 36.1. The lowest BCUT2D eigenvalue weighted by Crippen LogP contribution is -2.61. The molecule has 0 unspecified atom stereocenters. The van der Waals surface area contributed by atoms with E-state index in [2.05, 4.69) is 222 Å². The Morgan fingerprint density at radius 1 is 0.303 bits per heavy atom. The van der Waals surface area contributed by atoms with Crippen molar-refractivity contribution >= 4 is 79.0 Å². The van der Waals surface area contributed by atoms with E-state index in [4.69, 9.17) is 5.48 Å². The predicted octanol–water partition coefficient (Wildman–Crippen LogP) is 17.2. The van der Waals surface area contributed by atoms with Crippen molar-refractivity contribution in [3.05, 3.63) is 291 Å². The van der Waals surface area contributed by atoms with Gasteiger partial charge in [-0.25, -0.2) is 0 Å². The molecule has 0 saturated heterocycles. The van der Waals surface area contributed by atoms with Gasteiger partial charge in [-0.3, -0.25) is 0 Å². The molecule has 3 heterocycles. The fraction of sp³-hybridized carbons (Fsp3) is 0. The van der Waals surface area contributed by atoms with Gasteiger partial charge in [0.05, 0.1) is 33.4 Å². The molecule has 2 aliphatic heterocycles. The van der Waals surface area contributed by atoms with Crippen LogP contribution < -0.4 is 26.2 Å². The van der Waals surface area contributed by atoms with Gasteiger partial charge in [-0.2, -0.15) is 0 Å². The summed E-state index contributed by atoms with van der Waals surface area (Å²) in [4.78, 5) is 4.85. The van der Waals surface area contributed by atoms with Gasteiger partial charge in [0.1, 0.15) is 0 Å². The molecule has 0 fully saturated rings. The number of hydrogen-bond donors (Lipinski definition) is 0. The van der Waals surface area contributed by atoms with Crippen LogP contribution in [-0.2, 0) is 0 Å². The molecule has 12 aromatic carbocycles. The van der Waals surface area contributed by atoms with Crippen molar-refractivity contribution < 1.29 is 11.0 Å². The molecule has 4 heteroatoms. The highest BCUT2D eigenvalue weighted by molar-refractivity contribution is 7.00. The third-order valence-electron chi connectivity index (χ3n) is 15.2. The normalized spacial score (nSPS) is 13.9. The molecule has 1 aromatic heterocycles. The second-order valence-corrected chi connectivity index (χ2v) is 19.3. The second kappa shape index (κ2) is 17.9. The van der Waals surface area contributed by atoms with Crippen molar-refractivity contribution in [1.29, 1.82) is 0 Å². The molecule has 0 saturated carbocycles. The maximum absolute atomic E-state index is 9.54. The lowest BCUT2D eigenvalue weighted by molar-refractivity contribution is 1.17. The topological polar surface area (TPSA) is 11.4 Å². The quantitative estimate of drug-likeness (QED) is 0.141. The summed E-state index contributed by atoms with van der Waals surface area (Å²) < 4.78 is 75.0. The smallest absolute Gasteiger partial charge is 0.252 e. The van der Waals surface area contributed by atoms with Crippen molar-refractivity contribution in [3.63, 3.8) is 0 Å². The standard InChI is InChI=1S/C72H48BN3/c1-6-23-49(24-7-1)54-43-45-62-68(47-54)75(71-56(50-25-8-2-9-26-50)35-20-36-57(71)51-27-10-3-11-28-51)66-41-22-42-67-70(66)73(62)63-46-44-55(74-64-39-18-16-33-60(64)61-34-17-19-40-65(61)74)48-69(63)76(67)72-58(52-29-12-4-13-30-52)37-21-38-59(72)53-31-14-5-15-32-53/h1-48H/i16D,17D,18D,19D,33D,34D,39D,40D. The third kappa shape index (κ3) is 6.92. The van der Waals surface area contributed by atoms with Crippen molar-refractivity contribution in [2.75, 3.05) is 9.80 Å². The van der Waals surface area contributed by atoms with Gasteiger partial charge >= 0.3 is 0 Å². The predicted molar refractivity (Wildman–Crippen MR) is 322 cm³/mol. The van der Waals surface area contributed by atoms with Crippen LogP contribution in [0.15, 0.2) is 291 Å². The Morgan fingerprint density at radius 3 is 1.13 bits per heavy atom. The molecule has 0 bridgehead atoms. The number of nitrogens with zero attached hydrogens (tertiary/aromatic N) is 3. The maximum Gasteiger partial charge on any atom is 0.252 e. The first-order chi connectivity index (χ1) is 41.1. The van der Waals surface area contributed by atoms with Crippen molar-refractivity contribution in [2.24, 2.45) is 0 Å². The molecule has 0 aliphatic carbocycles. The molecule has 15 rings (SSSR count). The zero-order chi connectivity index (χ0) is 57.1. The molecule has 0 atom stereocenters. The molecule has 0 amide bonds. The van der Waals surface area contributed by atoms with Crippen LogP contribution in [-0.4, -0.2) is 11.3 Å². The van der Waals surface area contributed by atoms with Gasteiger partial charge in [-0.1, -0.05) is 249 Å². The van der Waals surface area contributed by atoms with E-state index in [-0.39, 0.29) is 52.7 Å².